The van der Waals surface area contributed by atoms with E-state index in [-0.39, 0.29) is 0 Å². The lowest BCUT2D eigenvalue weighted by Gasteiger charge is -2.34. The summed E-state index contributed by atoms with van der Waals surface area (Å²) in [5.74, 6) is 0.689. The first-order valence-corrected chi connectivity index (χ1v) is 4.22. The maximum atomic E-state index is 5.87. The van der Waals surface area contributed by atoms with E-state index in [2.05, 4.69) is 18.7 Å². The lowest BCUT2D eigenvalue weighted by atomic mass is 9.95. The molecule has 2 atom stereocenters. The van der Waals surface area contributed by atoms with Crippen molar-refractivity contribution in [3.05, 3.63) is 0 Å². The number of piperidine rings is 1. The molecule has 1 aliphatic heterocycles. The van der Waals surface area contributed by atoms with Crippen LogP contribution in [0.25, 0.3) is 0 Å². The van der Waals surface area contributed by atoms with Crippen molar-refractivity contribution in [2.45, 2.75) is 26.3 Å². The van der Waals surface area contributed by atoms with Crippen LogP contribution in [-0.2, 0) is 0 Å². The van der Waals surface area contributed by atoms with Gasteiger partial charge in [0.25, 0.3) is 0 Å². The van der Waals surface area contributed by atoms with Gasteiger partial charge in [0.1, 0.15) is 0 Å². The number of nitrogens with two attached hydrogens (primary N) is 1. The molecule has 0 amide bonds. The van der Waals surface area contributed by atoms with Crippen LogP contribution in [0.5, 0.6) is 0 Å². The van der Waals surface area contributed by atoms with Crippen molar-refractivity contribution in [1.82, 2.24) is 4.90 Å². The number of likely N-dealkylation sites (tertiary alicyclic amines) is 1. The Hall–Kier alpha value is -0.0800. The Bertz CT molecular complexity index is 103. The molecule has 0 aromatic rings. The fourth-order valence-corrected chi connectivity index (χ4v) is 1.54. The second kappa shape index (κ2) is 3.35. The molecule has 0 aromatic carbocycles. The van der Waals surface area contributed by atoms with Crippen molar-refractivity contribution in [1.29, 1.82) is 0 Å². The van der Waals surface area contributed by atoms with E-state index >= 15 is 0 Å². The molecule has 0 aromatic heterocycles. The van der Waals surface area contributed by atoms with Crippen molar-refractivity contribution in [2.75, 3.05) is 19.6 Å². The minimum atomic E-state index is 0.447. The van der Waals surface area contributed by atoms with Crippen molar-refractivity contribution in [3.8, 4) is 0 Å². The average Bonchev–Trinajstić information content (AvgIpc) is 1.95. The highest BCUT2D eigenvalue weighted by molar-refractivity contribution is 4.79. The van der Waals surface area contributed by atoms with Gasteiger partial charge in [0.2, 0.25) is 0 Å². The van der Waals surface area contributed by atoms with Gasteiger partial charge in [0.15, 0.2) is 0 Å². The van der Waals surface area contributed by atoms with Crippen LogP contribution in [0.3, 0.4) is 0 Å². The van der Waals surface area contributed by atoms with E-state index in [4.69, 9.17) is 5.73 Å². The topological polar surface area (TPSA) is 29.3 Å². The second-order valence-electron chi connectivity index (χ2n) is 3.32. The van der Waals surface area contributed by atoms with Gasteiger partial charge in [-0.15, -0.1) is 0 Å². The van der Waals surface area contributed by atoms with Gasteiger partial charge in [-0.05, 0) is 25.4 Å². The fourth-order valence-electron chi connectivity index (χ4n) is 1.54. The highest BCUT2D eigenvalue weighted by atomic mass is 15.1. The highest BCUT2D eigenvalue weighted by Gasteiger charge is 2.21. The summed E-state index contributed by atoms with van der Waals surface area (Å²) in [5, 5.41) is 0. The van der Waals surface area contributed by atoms with E-state index in [1.807, 2.05) is 0 Å². The van der Waals surface area contributed by atoms with Gasteiger partial charge in [0, 0.05) is 12.6 Å². The molecule has 1 fully saturated rings. The van der Waals surface area contributed by atoms with E-state index in [1.165, 1.54) is 26.1 Å². The maximum absolute atomic E-state index is 5.87. The van der Waals surface area contributed by atoms with Gasteiger partial charge in [-0.25, -0.2) is 0 Å². The number of hydrogen-bond acceptors (Lipinski definition) is 2. The van der Waals surface area contributed by atoms with E-state index in [0.29, 0.717) is 12.0 Å². The van der Waals surface area contributed by atoms with Crippen LogP contribution >= 0.6 is 0 Å². The summed E-state index contributed by atoms with van der Waals surface area (Å²) in [5.41, 5.74) is 5.87. The molecule has 1 heterocycles. The number of hydrogen-bond donors (Lipinski definition) is 1. The smallest absolute Gasteiger partial charge is 0.00889 e. The molecule has 0 saturated carbocycles. The summed E-state index contributed by atoms with van der Waals surface area (Å²) in [6.45, 7) is 8.02. The van der Waals surface area contributed by atoms with E-state index in [9.17, 15) is 0 Å². The molecule has 2 nitrogen and oxygen atoms in total. The maximum Gasteiger partial charge on any atom is 0.00889 e. The van der Waals surface area contributed by atoms with Crippen LogP contribution in [0.15, 0.2) is 0 Å². The fraction of sp³-hybridized carbons (Fsp3) is 1.00. The first-order valence-electron chi connectivity index (χ1n) is 4.22. The molecule has 2 N–H and O–H groups in total. The van der Waals surface area contributed by atoms with Crippen LogP contribution < -0.4 is 5.73 Å². The summed E-state index contributed by atoms with van der Waals surface area (Å²) >= 11 is 0. The summed E-state index contributed by atoms with van der Waals surface area (Å²) in [4.78, 5) is 2.47. The lowest BCUT2D eigenvalue weighted by Crippen LogP contribution is -2.45. The predicted molar refractivity (Wildman–Crippen MR) is 43.9 cm³/mol. The Balaban J connectivity index is 2.33. The van der Waals surface area contributed by atoms with Gasteiger partial charge in [-0.1, -0.05) is 13.8 Å². The zero-order chi connectivity index (χ0) is 7.56. The predicted octanol–water partition coefficient (Wildman–Crippen LogP) is 0.675. The molecular formula is C8H18N2. The van der Waals surface area contributed by atoms with Crippen molar-refractivity contribution >= 4 is 0 Å². The molecule has 1 aliphatic rings. The Morgan fingerprint density at radius 1 is 1.60 bits per heavy atom. The number of rotatable bonds is 1. The molecular weight excluding hydrogens is 124 g/mol. The van der Waals surface area contributed by atoms with E-state index in [1.54, 1.807) is 0 Å². The van der Waals surface area contributed by atoms with Gasteiger partial charge in [-0.3, -0.25) is 0 Å². The largest absolute Gasteiger partial charge is 0.327 e. The third-order valence-electron chi connectivity index (χ3n) is 2.50. The van der Waals surface area contributed by atoms with Crippen molar-refractivity contribution in [2.24, 2.45) is 11.7 Å². The Morgan fingerprint density at radius 3 is 2.80 bits per heavy atom. The molecule has 0 bridgehead atoms. The summed E-state index contributed by atoms with van der Waals surface area (Å²) in [6.07, 6.45) is 1.18. The molecule has 0 aliphatic carbocycles. The lowest BCUT2D eigenvalue weighted by molar-refractivity contribution is 0.172. The molecule has 0 spiro atoms. The third kappa shape index (κ3) is 1.70. The SMILES string of the molecule is CCN1CC[C@@H](N)[C@H](C)C1. The van der Waals surface area contributed by atoms with Crippen LogP contribution in [-0.4, -0.2) is 30.6 Å². The zero-order valence-corrected chi connectivity index (χ0v) is 7.01. The minimum Gasteiger partial charge on any atom is -0.327 e. The van der Waals surface area contributed by atoms with Crippen LogP contribution in [0, 0.1) is 5.92 Å². The molecule has 1 saturated heterocycles. The van der Waals surface area contributed by atoms with Crippen LogP contribution in [0.1, 0.15) is 20.3 Å². The standard InChI is InChI=1S/C8H18N2/c1-3-10-5-4-8(9)7(2)6-10/h7-8H,3-6,9H2,1-2H3/t7-,8-/m1/s1. The van der Waals surface area contributed by atoms with Crippen LogP contribution in [0.2, 0.25) is 0 Å². The summed E-state index contributed by atoms with van der Waals surface area (Å²) < 4.78 is 0. The minimum absolute atomic E-state index is 0.447. The monoisotopic (exact) mass is 142 g/mol. The van der Waals surface area contributed by atoms with E-state index in [0.717, 1.165) is 0 Å². The molecule has 0 unspecified atom stereocenters. The van der Waals surface area contributed by atoms with Crippen molar-refractivity contribution in [3.63, 3.8) is 0 Å². The second-order valence-corrected chi connectivity index (χ2v) is 3.32. The number of nitrogens with zero attached hydrogens (tertiary/aromatic N) is 1. The molecule has 0 radical (unpaired) electrons. The van der Waals surface area contributed by atoms with Gasteiger partial charge in [0.05, 0.1) is 0 Å². The van der Waals surface area contributed by atoms with Crippen LogP contribution in [0.4, 0.5) is 0 Å². The normalized spacial score (nSPS) is 36.3. The molecule has 1 rings (SSSR count). The van der Waals surface area contributed by atoms with Gasteiger partial charge in [-0.2, -0.15) is 0 Å². The average molecular weight is 142 g/mol. The Labute approximate surface area is 63.4 Å². The zero-order valence-electron chi connectivity index (χ0n) is 7.01. The molecule has 10 heavy (non-hydrogen) atoms. The summed E-state index contributed by atoms with van der Waals surface area (Å²) in [6, 6.07) is 0.447. The Kier molecular flexibility index (Phi) is 2.69. The quantitative estimate of drug-likeness (QED) is 0.583. The molecule has 2 heteroatoms. The van der Waals surface area contributed by atoms with E-state index < -0.39 is 0 Å². The van der Waals surface area contributed by atoms with Gasteiger partial charge >= 0.3 is 0 Å². The summed E-state index contributed by atoms with van der Waals surface area (Å²) in [7, 11) is 0. The van der Waals surface area contributed by atoms with Crippen molar-refractivity contribution < 1.29 is 0 Å². The highest BCUT2D eigenvalue weighted by Crippen LogP contribution is 2.13. The Morgan fingerprint density at radius 2 is 2.30 bits per heavy atom. The third-order valence-corrected chi connectivity index (χ3v) is 2.50. The van der Waals surface area contributed by atoms with Gasteiger partial charge < -0.3 is 10.6 Å². The first kappa shape index (κ1) is 8.02. The first-order chi connectivity index (χ1) is 4.74. The molecule has 60 valence electrons.